The minimum atomic E-state index is -1.71. The normalized spacial score (nSPS) is 12.1. The van der Waals surface area contributed by atoms with Gasteiger partial charge in [-0.1, -0.05) is 389 Å². The first kappa shape index (κ1) is 68.6. The van der Waals surface area contributed by atoms with E-state index in [1.807, 2.05) is 0 Å². The third-order valence-corrected chi connectivity index (χ3v) is 45.9. The smallest absolute Gasteiger partial charge is 0.660 e. The SMILES string of the molecule is C[Si](C)([N-][Si](C)(C)c1ccccc1)c1ccccc1.C[Si](C)([N-][Si](C)(C)c1ccccc1)c1ccccc1.C[Si](C)([N-][Si](C)(C)c1ccccc1)c1ccccc1.C[Si](C)([N-][Si](C)(C)c1ccccc1)c1ccccc1.[Mn+2].[Mn+2]. The summed E-state index contributed by atoms with van der Waals surface area (Å²) >= 11 is 0. The van der Waals surface area contributed by atoms with E-state index in [0.29, 0.717) is 0 Å². The van der Waals surface area contributed by atoms with Gasteiger partial charge in [0.1, 0.15) is 0 Å². The zero-order chi connectivity index (χ0) is 55.7. The zero-order valence-electron chi connectivity index (χ0n) is 49.6. The maximum absolute atomic E-state index is 5.36. The molecule has 0 unspecified atom stereocenters. The molecule has 0 fully saturated rings. The molecule has 4 nitrogen and oxygen atoms in total. The molecular formula is C64H88Mn2N4Si8. The molecule has 0 aliphatic rings. The van der Waals surface area contributed by atoms with E-state index in [1.165, 1.54) is 41.5 Å². The number of benzene rings is 8. The zero-order valence-corrected chi connectivity index (χ0v) is 60.0. The molecule has 0 bridgehead atoms. The molecule has 410 valence electrons. The Morgan fingerprint density at radius 1 is 0.154 bits per heavy atom. The van der Waals surface area contributed by atoms with Gasteiger partial charge in [-0.2, -0.15) is 0 Å². The predicted molar refractivity (Wildman–Crippen MR) is 362 cm³/mol. The van der Waals surface area contributed by atoms with E-state index in [0.717, 1.165) is 0 Å². The Morgan fingerprint density at radius 2 is 0.231 bits per heavy atom. The molecule has 0 aromatic heterocycles. The fourth-order valence-corrected chi connectivity index (χ4v) is 44.6. The Bertz CT molecular complexity index is 2300. The molecule has 0 saturated carbocycles. The van der Waals surface area contributed by atoms with Gasteiger partial charge in [0.05, 0.1) is 0 Å². The summed E-state index contributed by atoms with van der Waals surface area (Å²) in [6, 6.07) is 86.2. The number of nitrogens with zero attached hydrogens (tertiary/aromatic N) is 4. The Labute approximate surface area is 503 Å². The van der Waals surface area contributed by atoms with Crippen molar-refractivity contribution in [2.75, 3.05) is 0 Å². The summed E-state index contributed by atoms with van der Waals surface area (Å²) in [7, 11) is -13.7. The van der Waals surface area contributed by atoms with Gasteiger partial charge in [-0.25, -0.2) is 0 Å². The maximum Gasteiger partial charge on any atom is 2.00 e. The van der Waals surface area contributed by atoms with Crippen LogP contribution >= 0.6 is 0 Å². The molecule has 8 aromatic carbocycles. The van der Waals surface area contributed by atoms with Crippen molar-refractivity contribution < 1.29 is 34.1 Å². The third kappa shape index (κ3) is 21.0. The van der Waals surface area contributed by atoms with Crippen LogP contribution in [0.25, 0.3) is 18.6 Å². The van der Waals surface area contributed by atoms with E-state index in [-0.39, 0.29) is 34.1 Å². The number of hydrogen-bond acceptors (Lipinski definition) is 0. The monoisotopic (exact) mass is 1250 g/mol. The van der Waals surface area contributed by atoms with Gasteiger partial charge in [-0.15, -0.1) is 0 Å². The van der Waals surface area contributed by atoms with Crippen LogP contribution in [0.5, 0.6) is 0 Å². The fraction of sp³-hybridized carbons (Fsp3) is 0.250. The molecule has 0 amide bonds. The van der Waals surface area contributed by atoms with Crippen molar-refractivity contribution in [3.63, 3.8) is 0 Å². The molecule has 0 atom stereocenters. The van der Waals surface area contributed by atoms with Crippen molar-refractivity contribution in [3.05, 3.63) is 261 Å². The van der Waals surface area contributed by atoms with Crippen LogP contribution in [0, 0.1) is 0 Å². The summed E-state index contributed by atoms with van der Waals surface area (Å²) < 4.78 is 21.4. The third-order valence-electron chi connectivity index (χ3n) is 14.1. The Morgan fingerprint density at radius 3 is 0.308 bits per heavy atom. The van der Waals surface area contributed by atoms with Crippen molar-refractivity contribution in [2.45, 2.75) is 105 Å². The van der Waals surface area contributed by atoms with E-state index in [1.54, 1.807) is 0 Å². The topological polar surface area (TPSA) is 56.4 Å². The van der Waals surface area contributed by atoms with Crippen molar-refractivity contribution in [3.8, 4) is 0 Å². The van der Waals surface area contributed by atoms with Crippen molar-refractivity contribution >= 4 is 107 Å². The van der Waals surface area contributed by atoms with Crippen LogP contribution < -0.4 is 41.5 Å². The fourth-order valence-electron chi connectivity index (χ4n) is 10.1. The van der Waals surface area contributed by atoms with Crippen LogP contribution in [0.15, 0.2) is 243 Å². The summed E-state index contributed by atoms with van der Waals surface area (Å²) in [6.45, 7) is 37.6. The molecule has 2 radical (unpaired) electrons. The van der Waals surface area contributed by atoms with Gasteiger partial charge in [0.2, 0.25) is 0 Å². The van der Waals surface area contributed by atoms with Crippen molar-refractivity contribution in [2.24, 2.45) is 0 Å². The minimum absolute atomic E-state index is 0. The van der Waals surface area contributed by atoms with E-state index in [2.05, 4.69) is 347 Å². The molecule has 0 N–H and O–H groups in total. The summed E-state index contributed by atoms with van der Waals surface area (Å²) in [5.41, 5.74) is 0. The molecule has 0 aliphatic carbocycles. The van der Waals surface area contributed by atoms with Crippen LogP contribution in [0.4, 0.5) is 0 Å². The standard InChI is InChI=1S/4C16H22NSi2.2Mn/c4*1-18(2,15-11-7-5-8-12-15)17-19(3,4)16-13-9-6-10-14-16;;/h4*5-14H,1-4H3;;/q4*-1;2*+2. The van der Waals surface area contributed by atoms with E-state index in [9.17, 15) is 0 Å². The van der Waals surface area contributed by atoms with Gasteiger partial charge in [0.15, 0.2) is 0 Å². The second-order valence-electron chi connectivity index (χ2n) is 23.8. The van der Waals surface area contributed by atoms with Crippen molar-refractivity contribution in [1.29, 1.82) is 0 Å². The maximum atomic E-state index is 5.36. The summed E-state index contributed by atoms with van der Waals surface area (Å²) in [6.07, 6.45) is 0. The first-order valence-electron chi connectivity index (χ1n) is 27.1. The van der Waals surface area contributed by atoms with Crippen molar-refractivity contribution in [1.82, 2.24) is 0 Å². The number of hydrogen-bond donors (Lipinski definition) is 0. The van der Waals surface area contributed by atoms with E-state index >= 15 is 0 Å². The summed E-state index contributed by atoms with van der Waals surface area (Å²) in [5, 5.41) is 11.4. The van der Waals surface area contributed by atoms with Crippen LogP contribution in [0.2, 0.25) is 105 Å². The largest absolute Gasteiger partial charge is 2.00 e. The molecule has 14 heteroatoms. The molecule has 0 spiro atoms. The summed E-state index contributed by atoms with van der Waals surface area (Å²) in [4.78, 5) is 0. The van der Waals surface area contributed by atoms with Crippen LogP contribution in [-0.4, -0.2) is 65.9 Å². The Balaban J connectivity index is 0.000000271. The van der Waals surface area contributed by atoms with Gasteiger partial charge in [-0.05, 0) is 65.9 Å². The molecule has 0 saturated heterocycles. The van der Waals surface area contributed by atoms with E-state index in [4.69, 9.17) is 18.6 Å². The van der Waals surface area contributed by atoms with Gasteiger partial charge in [-0.3, -0.25) is 0 Å². The van der Waals surface area contributed by atoms with Gasteiger partial charge >= 0.3 is 34.1 Å². The quantitative estimate of drug-likeness (QED) is 0.0866. The second kappa shape index (κ2) is 30.4. The molecule has 0 aliphatic heterocycles. The van der Waals surface area contributed by atoms with Gasteiger partial charge in [0, 0.05) is 0 Å². The van der Waals surface area contributed by atoms with E-state index < -0.39 is 65.9 Å². The first-order chi connectivity index (χ1) is 35.7. The summed E-state index contributed by atoms with van der Waals surface area (Å²) in [5.74, 6) is 0. The van der Waals surface area contributed by atoms with Crippen LogP contribution in [0.1, 0.15) is 0 Å². The molecule has 0 heterocycles. The van der Waals surface area contributed by atoms with Gasteiger partial charge in [0.25, 0.3) is 0 Å². The Kier molecular flexibility index (Phi) is 26.8. The average molecular weight is 1250 g/mol. The van der Waals surface area contributed by atoms with Gasteiger partial charge < -0.3 is 18.6 Å². The second-order valence-corrected chi connectivity index (χ2v) is 57.0. The predicted octanol–water partition coefficient (Wildman–Crippen LogP) is 14.3. The minimum Gasteiger partial charge on any atom is -0.660 e. The molecule has 8 rings (SSSR count). The average Bonchev–Trinajstić information content (AvgIpc) is 3.40. The first-order valence-corrected chi connectivity index (χ1v) is 50.7. The van der Waals surface area contributed by atoms with Crippen LogP contribution in [0.3, 0.4) is 0 Å². The Hall–Kier alpha value is -3.63. The molecular weight excluding hydrogens is 1160 g/mol. The molecule has 78 heavy (non-hydrogen) atoms. The molecule has 8 aromatic rings. The van der Waals surface area contributed by atoms with Crippen LogP contribution in [-0.2, 0) is 34.1 Å². The number of rotatable bonds is 16.